The highest BCUT2D eigenvalue weighted by atomic mass is 127. The number of aromatic nitrogens is 3. The van der Waals surface area contributed by atoms with Crippen LogP contribution < -0.4 is 10.6 Å². The number of halogens is 1. The second kappa shape index (κ2) is 15.1. The molecule has 8 nitrogen and oxygen atoms in total. The van der Waals surface area contributed by atoms with E-state index in [4.69, 9.17) is 9.47 Å². The summed E-state index contributed by atoms with van der Waals surface area (Å²) in [6, 6.07) is 10.2. The van der Waals surface area contributed by atoms with E-state index >= 15 is 0 Å². The monoisotopic (exact) mass is 530 g/mol. The number of rotatable bonds is 12. The molecule has 0 bridgehead atoms. The van der Waals surface area contributed by atoms with Crippen LogP contribution in [0.4, 0.5) is 0 Å². The molecule has 0 fully saturated rings. The Labute approximate surface area is 196 Å². The standard InChI is InChI=1S/C21H34N6O2.HI/c1-17(15-29-16-19-9-6-5-7-10-19)13-23-21(22-11-8-12-28-4)24-14-20-26-25-18(2)27(20)3;/h5-7,9-10,17H,8,11-16H2,1-4H3,(H2,22,23,24);1H. The van der Waals surface area contributed by atoms with Crippen molar-refractivity contribution in [3.8, 4) is 0 Å². The van der Waals surface area contributed by atoms with Gasteiger partial charge in [-0.3, -0.25) is 0 Å². The fourth-order valence-corrected chi connectivity index (χ4v) is 2.62. The first-order chi connectivity index (χ1) is 14.1. The highest BCUT2D eigenvalue weighted by Crippen LogP contribution is 2.03. The van der Waals surface area contributed by atoms with Crippen LogP contribution >= 0.6 is 24.0 Å². The Kier molecular flexibility index (Phi) is 13.3. The van der Waals surface area contributed by atoms with Gasteiger partial charge in [0.25, 0.3) is 0 Å². The van der Waals surface area contributed by atoms with Crippen molar-refractivity contribution in [2.45, 2.75) is 33.4 Å². The summed E-state index contributed by atoms with van der Waals surface area (Å²) in [4.78, 5) is 4.66. The molecule has 0 aliphatic carbocycles. The van der Waals surface area contributed by atoms with Crippen molar-refractivity contribution in [1.29, 1.82) is 0 Å². The summed E-state index contributed by atoms with van der Waals surface area (Å²) in [5, 5.41) is 15.0. The lowest BCUT2D eigenvalue weighted by Gasteiger charge is -2.17. The number of nitrogens with zero attached hydrogens (tertiary/aromatic N) is 4. The third kappa shape index (κ3) is 9.86. The van der Waals surface area contributed by atoms with Crippen molar-refractivity contribution in [3.05, 3.63) is 47.5 Å². The first-order valence-corrected chi connectivity index (χ1v) is 10.1. The van der Waals surface area contributed by atoms with E-state index in [1.165, 1.54) is 5.56 Å². The van der Waals surface area contributed by atoms with Gasteiger partial charge < -0.3 is 24.7 Å². The van der Waals surface area contributed by atoms with Gasteiger partial charge in [-0.2, -0.15) is 0 Å². The zero-order valence-corrected chi connectivity index (χ0v) is 20.8. The molecule has 0 aliphatic heterocycles. The third-order valence-electron chi connectivity index (χ3n) is 4.51. The normalized spacial score (nSPS) is 12.3. The predicted molar refractivity (Wildman–Crippen MR) is 130 cm³/mol. The lowest BCUT2D eigenvalue weighted by molar-refractivity contribution is 0.0931. The van der Waals surface area contributed by atoms with Crippen molar-refractivity contribution < 1.29 is 9.47 Å². The number of aryl methyl sites for hydroxylation is 1. The second-order valence-corrected chi connectivity index (χ2v) is 7.15. The number of aliphatic imine (C=N–C) groups is 1. The third-order valence-corrected chi connectivity index (χ3v) is 4.51. The Morgan fingerprint density at radius 3 is 2.63 bits per heavy atom. The lowest BCUT2D eigenvalue weighted by Crippen LogP contribution is -2.40. The van der Waals surface area contributed by atoms with Gasteiger partial charge in [0.15, 0.2) is 11.8 Å². The minimum absolute atomic E-state index is 0. The van der Waals surface area contributed by atoms with Gasteiger partial charge in [-0.25, -0.2) is 4.99 Å². The van der Waals surface area contributed by atoms with E-state index in [0.717, 1.165) is 37.1 Å². The summed E-state index contributed by atoms with van der Waals surface area (Å²) in [6.45, 7) is 8.14. The Morgan fingerprint density at radius 2 is 1.97 bits per heavy atom. The SMILES string of the molecule is COCCCNC(=NCc1nnc(C)n1C)NCC(C)COCc1ccccc1.I. The van der Waals surface area contributed by atoms with Gasteiger partial charge in [0, 0.05) is 33.9 Å². The molecule has 0 amide bonds. The number of nitrogens with one attached hydrogen (secondary N) is 2. The first kappa shape index (κ1) is 26.3. The molecule has 168 valence electrons. The summed E-state index contributed by atoms with van der Waals surface area (Å²) in [5.74, 6) is 2.82. The van der Waals surface area contributed by atoms with Crippen LogP contribution in [0.1, 0.15) is 30.6 Å². The molecule has 1 unspecified atom stereocenters. The molecule has 1 aromatic carbocycles. The summed E-state index contributed by atoms with van der Waals surface area (Å²) >= 11 is 0. The number of hydrogen-bond acceptors (Lipinski definition) is 5. The summed E-state index contributed by atoms with van der Waals surface area (Å²) < 4.78 is 12.9. The Morgan fingerprint density at radius 1 is 1.20 bits per heavy atom. The van der Waals surface area contributed by atoms with Crippen molar-refractivity contribution >= 4 is 29.9 Å². The van der Waals surface area contributed by atoms with Crippen LogP contribution in [-0.2, 0) is 29.7 Å². The van der Waals surface area contributed by atoms with E-state index in [-0.39, 0.29) is 24.0 Å². The van der Waals surface area contributed by atoms with Crippen molar-refractivity contribution in [3.63, 3.8) is 0 Å². The number of hydrogen-bond donors (Lipinski definition) is 2. The minimum atomic E-state index is 0. The molecule has 2 N–H and O–H groups in total. The molecule has 1 heterocycles. The van der Waals surface area contributed by atoms with E-state index in [0.29, 0.717) is 32.3 Å². The van der Waals surface area contributed by atoms with Gasteiger partial charge >= 0.3 is 0 Å². The second-order valence-electron chi connectivity index (χ2n) is 7.15. The van der Waals surface area contributed by atoms with Crippen LogP contribution in [0.3, 0.4) is 0 Å². The maximum absolute atomic E-state index is 5.84. The molecule has 0 radical (unpaired) electrons. The van der Waals surface area contributed by atoms with E-state index < -0.39 is 0 Å². The zero-order chi connectivity index (χ0) is 20.9. The van der Waals surface area contributed by atoms with Gasteiger partial charge in [-0.05, 0) is 24.8 Å². The number of methoxy groups -OCH3 is 1. The predicted octanol–water partition coefficient (Wildman–Crippen LogP) is 2.67. The maximum Gasteiger partial charge on any atom is 0.191 e. The molecule has 30 heavy (non-hydrogen) atoms. The molecule has 0 saturated heterocycles. The van der Waals surface area contributed by atoms with E-state index in [1.54, 1.807) is 7.11 Å². The lowest BCUT2D eigenvalue weighted by atomic mass is 10.2. The number of benzene rings is 1. The molecule has 9 heteroatoms. The summed E-state index contributed by atoms with van der Waals surface area (Å²) in [5.41, 5.74) is 1.19. The van der Waals surface area contributed by atoms with Crippen molar-refractivity contribution in [2.24, 2.45) is 18.0 Å². The van der Waals surface area contributed by atoms with Gasteiger partial charge in [0.05, 0.1) is 13.2 Å². The fourth-order valence-electron chi connectivity index (χ4n) is 2.62. The van der Waals surface area contributed by atoms with Crippen molar-refractivity contribution in [2.75, 3.05) is 33.4 Å². The fraction of sp³-hybridized carbons (Fsp3) is 0.571. The zero-order valence-electron chi connectivity index (χ0n) is 18.4. The highest BCUT2D eigenvalue weighted by molar-refractivity contribution is 14.0. The quantitative estimate of drug-likeness (QED) is 0.190. The molecule has 0 spiro atoms. The maximum atomic E-state index is 5.84. The molecular formula is C21H35IN6O2. The van der Waals surface area contributed by atoms with Crippen LogP contribution in [-0.4, -0.2) is 54.1 Å². The highest BCUT2D eigenvalue weighted by Gasteiger charge is 2.07. The van der Waals surface area contributed by atoms with Crippen LogP contribution in [0.15, 0.2) is 35.3 Å². The van der Waals surface area contributed by atoms with Gasteiger partial charge in [0.1, 0.15) is 12.4 Å². The molecule has 0 saturated carbocycles. The molecule has 1 aromatic heterocycles. The number of guanidine groups is 1. The first-order valence-electron chi connectivity index (χ1n) is 10.1. The molecule has 1 atom stereocenters. The largest absolute Gasteiger partial charge is 0.385 e. The van der Waals surface area contributed by atoms with Gasteiger partial charge in [-0.1, -0.05) is 37.3 Å². The van der Waals surface area contributed by atoms with E-state index in [2.05, 4.69) is 44.9 Å². The Bertz CT molecular complexity index is 738. The molecule has 2 rings (SSSR count). The Hall–Kier alpha value is -1.72. The minimum Gasteiger partial charge on any atom is -0.385 e. The van der Waals surface area contributed by atoms with Crippen LogP contribution in [0, 0.1) is 12.8 Å². The summed E-state index contributed by atoms with van der Waals surface area (Å²) in [6.07, 6.45) is 0.913. The van der Waals surface area contributed by atoms with E-state index in [1.807, 2.05) is 36.7 Å². The van der Waals surface area contributed by atoms with Crippen LogP contribution in [0.25, 0.3) is 0 Å². The van der Waals surface area contributed by atoms with E-state index in [9.17, 15) is 0 Å². The smallest absolute Gasteiger partial charge is 0.191 e. The number of ether oxygens (including phenoxy) is 2. The average Bonchev–Trinajstić information content (AvgIpc) is 3.05. The van der Waals surface area contributed by atoms with Crippen LogP contribution in [0.2, 0.25) is 0 Å². The van der Waals surface area contributed by atoms with Gasteiger partial charge in [-0.15, -0.1) is 34.2 Å². The topological polar surface area (TPSA) is 85.6 Å². The van der Waals surface area contributed by atoms with Crippen molar-refractivity contribution in [1.82, 2.24) is 25.4 Å². The molecule has 2 aromatic rings. The molecule has 0 aliphatic rings. The average molecular weight is 530 g/mol. The van der Waals surface area contributed by atoms with Crippen LogP contribution in [0.5, 0.6) is 0 Å². The van der Waals surface area contributed by atoms with Gasteiger partial charge in [0.2, 0.25) is 0 Å². The summed E-state index contributed by atoms with van der Waals surface area (Å²) in [7, 11) is 3.66. The Balaban J connectivity index is 0.00000450. The molecular weight excluding hydrogens is 495 g/mol.